The first-order valence-electron chi connectivity index (χ1n) is 5.04. The quantitative estimate of drug-likeness (QED) is 0.759. The lowest BCUT2D eigenvalue weighted by atomic mass is 10.2. The van der Waals surface area contributed by atoms with Gasteiger partial charge in [0.2, 0.25) is 0 Å². The van der Waals surface area contributed by atoms with Crippen LogP contribution >= 0.6 is 27.5 Å². The Morgan fingerprint density at radius 1 is 1.05 bits per heavy atom. The highest BCUT2D eigenvalue weighted by Crippen LogP contribution is 2.33. The summed E-state index contributed by atoms with van der Waals surface area (Å²) in [5, 5.41) is 2.47. The van der Waals surface area contributed by atoms with Gasteiger partial charge in [0.1, 0.15) is 11.6 Å². The lowest BCUT2D eigenvalue weighted by Gasteiger charge is -2.12. The summed E-state index contributed by atoms with van der Waals surface area (Å²) in [6, 6.07) is 4.05. The zero-order valence-corrected chi connectivity index (χ0v) is 11.6. The molecule has 0 saturated carbocycles. The predicted molar refractivity (Wildman–Crippen MR) is 73.2 cm³/mol. The maximum atomic E-state index is 13.6. The van der Waals surface area contributed by atoms with Gasteiger partial charge in [0.15, 0.2) is 5.82 Å². The third-order valence-electron chi connectivity index (χ3n) is 2.36. The van der Waals surface area contributed by atoms with E-state index in [-0.39, 0.29) is 26.6 Å². The van der Waals surface area contributed by atoms with Gasteiger partial charge in [-0.15, -0.1) is 0 Å². The van der Waals surface area contributed by atoms with Crippen molar-refractivity contribution in [1.82, 2.24) is 0 Å². The second-order valence-electron chi connectivity index (χ2n) is 3.72. The summed E-state index contributed by atoms with van der Waals surface area (Å²) in [5.74, 6) is -2.21. The molecule has 2 rings (SSSR count). The molecule has 2 aromatic rings. The molecule has 0 aliphatic rings. The maximum absolute atomic E-state index is 13.6. The highest BCUT2D eigenvalue weighted by atomic mass is 79.9. The van der Waals surface area contributed by atoms with Crippen molar-refractivity contribution < 1.29 is 13.2 Å². The van der Waals surface area contributed by atoms with Gasteiger partial charge in [-0.25, -0.2) is 13.2 Å². The van der Waals surface area contributed by atoms with Crippen LogP contribution in [-0.2, 0) is 0 Å². The molecule has 0 aliphatic heterocycles. The van der Waals surface area contributed by atoms with Crippen LogP contribution in [0.3, 0.4) is 0 Å². The lowest BCUT2D eigenvalue weighted by Crippen LogP contribution is -2.00. The molecule has 2 aromatic carbocycles. The Hall–Kier alpha value is -1.40. The van der Waals surface area contributed by atoms with Crippen LogP contribution < -0.4 is 11.1 Å². The van der Waals surface area contributed by atoms with Crippen LogP contribution in [0.2, 0.25) is 5.02 Å². The fourth-order valence-electron chi connectivity index (χ4n) is 1.47. The van der Waals surface area contributed by atoms with Gasteiger partial charge in [-0.05, 0) is 28.1 Å². The van der Waals surface area contributed by atoms with Gasteiger partial charge in [-0.1, -0.05) is 11.6 Å². The van der Waals surface area contributed by atoms with E-state index in [1.54, 1.807) is 0 Å². The van der Waals surface area contributed by atoms with Crippen molar-refractivity contribution in [2.75, 3.05) is 11.1 Å². The average molecular weight is 352 g/mol. The molecule has 0 aromatic heterocycles. The SMILES string of the molecule is Nc1cc(F)c(Br)cc1Nc1c(F)cc(F)cc1Cl. The average Bonchev–Trinajstić information content (AvgIpc) is 2.29. The molecule has 0 spiro atoms. The minimum Gasteiger partial charge on any atom is -0.397 e. The molecule has 0 radical (unpaired) electrons. The van der Waals surface area contributed by atoms with Crippen LogP contribution in [0, 0.1) is 17.5 Å². The number of rotatable bonds is 2. The fourth-order valence-corrected chi connectivity index (χ4v) is 2.05. The van der Waals surface area contributed by atoms with E-state index < -0.39 is 17.5 Å². The van der Waals surface area contributed by atoms with Crippen molar-refractivity contribution in [1.29, 1.82) is 0 Å². The first kappa shape index (κ1) is 14.0. The summed E-state index contributed by atoms with van der Waals surface area (Å²) < 4.78 is 39.9. The summed E-state index contributed by atoms with van der Waals surface area (Å²) in [6.45, 7) is 0. The van der Waals surface area contributed by atoms with Gasteiger partial charge in [0.05, 0.1) is 26.6 Å². The molecule has 0 bridgehead atoms. The first-order chi connectivity index (χ1) is 8.88. The van der Waals surface area contributed by atoms with Crippen LogP contribution in [0.1, 0.15) is 0 Å². The summed E-state index contributed by atoms with van der Waals surface area (Å²) in [5.41, 5.74) is 5.79. The Morgan fingerprint density at radius 2 is 1.74 bits per heavy atom. The van der Waals surface area contributed by atoms with Crippen LogP contribution in [-0.4, -0.2) is 0 Å². The Balaban J connectivity index is 2.45. The molecule has 0 aliphatic carbocycles. The van der Waals surface area contributed by atoms with Crippen molar-refractivity contribution in [3.8, 4) is 0 Å². The van der Waals surface area contributed by atoms with E-state index in [1.807, 2.05) is 0 Å². The topological polar surface area (TPSA) is 38.0 Å². The van der Waals surface area contributed by atoms with E-state index in [9.17, 15) is 13.2 Å². The van der Waals surface area contributed by atoms with E-state index in [0.717, 1.165) is 12.1 Å². The number of hydrogen-bond donors (Lipinski definition) is 2. The molecule has 2 nitrogen and oxygen atoms in total. The zero-order chi connectivity index (χ0) is 14.2. The highest BCUT2D eigenvalue weighted by molar-refractivity contribution is 9.10. The Labute approximate surface area is 120 Å². The minimum absolute atomic E-state index is 0.0699. The molecule has 19 heavy (non-hydrogen) atoms. The molecule has 0 atom stereocenters. The van der Waals surface area contributed by atoms with Gasteiger partial charge in [-0.3, -0.25) is 0 Å². The molecular weight excluding hydrogens is 344 g/mol. The Morgan fingerprint density at radius 3 is 2.37 bits per heavy atom. The van der Waals surface area contributed by atoms with Crippen molar-refractivity contribution in [3.63, 3.8) is 0 Å². The van der Waals surface area contributed by atoms with E-state index >= 15 is 0 Å². The van der Waals surface area contributed by atoms with Crippen molar-refractivity contribution in [3.05, 3.63) is 51.2 Å². The number of anilines is 3. The predicted octanol–water partition coefficient (Wildman–Crippen LogP) is 4.85. The first-order valence-corrected chi connectivity index (χ1v) is 6.21. The lowest BCUT2D eigenvalue weighted by molar-refractivity contribution is 0.586. The third-order valence-corrected chi connectivity index (χ3v) is 3.26. The van der Waals surface area contributed by atoms with Crippen LogP contribution in [0.4, 0.5) is 30.2 Å². The van der Waals surface area contributed by atoms with Crippen LogP contribution in [0.5, 0.6) is 0 Å². The van der Waals surface area contributed by atoms with E-state index in [4.69, 9.17) is 17.3 Å². The minimum atomic E-state index is -0.871. The smallest absolute Gasteiger partial charge is 0.151 e. The molecule has 0 amide bonds. The van der Waals surface area contributed by atoms with E-state index in [0.29, 0.717) is 6.07 Å². The number of benzene rings is 2. The number of nitrogen functional groups attached to an aromatic ring is 1. The van der Waals surface area contributed by atoms with E-state index in [1.165, 1.54) is 6.07 Å². The van der Waals surface area contributed by atoms with Crippen LogP contribution in [0.25, 0.3) is 0 Å². The molecule has 0 saturated heterocycles. The van der Waals surface area contributed by atoms with Gasteiger partial charge in [0.25, 0.3) is 0 Å². The second-order valence-corrected chi connectivity index (χ2v) is 4.98. The second kappa shape index (κ2) is 5.30. The van der Waals surface area contributed by atoms with Gasteiger partial charge in [0, 0.05) is 12.1 Å². The van der Waals surface area contributed by atoms with Gasteiger partial charge >= 0.3 is 0 Å². The normalized spacial score (nSPS) is 10.6. The molecule has 7 heteroatoms. The van der Waals surface area contributed by atoms with Crippen molar-refractivity contribution in [2.24, 2.45) is 0 Å². The maximum Gasteiger partial charge on any atom is 0.151 e. The molecule has 0 heterocycles. The molecule has 100 valence electrons. The molecule has 0 fully saturated rings. The van der Waals surface area contributed by atoms with Crippen molar-refractivity contribution in [2.45, 2.75) is 0 Å². The summed E-state index contributed by atoms with van der Waals surface area (Å²) in [6.07, 6.45) is 0. The molecule has 3 N–H and O–H groups in total. The molecular formula is C12H7BrClF3N2. The number of nitrogens with two attached hydrogens (primary N) is 1. The van der Waals surface area contributed by atoms with E-state index in [2.05, 4.69) is 21.2 Å². The fraction of sp³-hybridized carbons (Fsp3) is 0. The van der Waals surface area contributed by atoms with Crippen molar-refractivity contribution >= 4 is 44.6 Å². The standard InChI is InChI=1S/C12H7BrClF3N2/c13-6-3-11(10(18)4-8(6)16)19-12-7(14)1-5(15)2-9(12)17/h1-4,19H,18H2. The highest BCUT2D eigenvalue weighted by Gasteiger charge is 2.13. The third kappa shape index (κ3) is 2.96. The Bertz CT molecular complexity index is 626. The number of hydrogen-bond acceptors (Lipinski definition) is 2. The largest absolute Gasteiger partial charge is 0.397 e. The molecule has 0 unspecified atom stereocenters. The number of nitrogens with one attached hydrogen (secondary N) is 1. The van der Waals surface area contributed by atoms with Gasteiger partial charge in [-0.2, -0.15) is 0 Å². The Kier molecular flexibility index (Phi) is 3.91. The zero-order valence-electron chi connectivity index (χ0n) is 9.28. The monoisotopic (exact) mass is 350 g/mol. The van der Waals surface area contributed by atoms with Crippen LogP contribution in [0.15, 0.2) is 28.7 Å². The summed E-state index contributed by atoms with van der Waals surface area (Å²) in [7, 11) is 0. The number of halogens is 5. The summed E-state index contributed by atoms with van der Waals surface area (Å²) in [4.78, 5) is 0. The van der Waals surface area contributed by atoms with Gasteiger partial charge < -0.3 is 11.1 Å². The summed E-state index contributed by atoms with van der Waals surface area (Å²) >= 11 is 8.72.